The van der Waals surface area contributed by atoms with Crippen molar-refractivity contribution >= 4 is 11.9 Å². The Labute approximate surface area is 140 Å². The van der Waals surface area contributed by atoms with Gasteiger partial charge in [-0.25, -0.2) is 0 Å². The lowest BCUT2D eigenvalue weighted by Gasteiger charge is -2.19. The van der Waals surface area contributed by atoms with Gasteiger partial charge in [0, 0.05) is 0 Å². The van der Waals surface area contributed by atoms with E-state index in [0.29, 0.717) is 17.1 Å². The summed E-state index contributed by atoms with van der Waals surface area (Å²) in [5.41, 5.74) is 0.941. The van der Waals surface area contributed by atoms with Crippen LogP contribution in [-0.4, -0.2) is 31.2 Å². The second-order valence-corrected chi connectivity index (χ2v) is 5.07. The maximum atomic E-state index is 12.7. The van der Waals surface area contributed by atoms with Crippen LogP contribution in [0.25, 0.3) is 0 Å². The molecule has 2 N–H and O–H groups in total. The first kappa shape index (κ1) is 17.3. The van der Waals surface area contributed by atoms with E-state index in [1.807, 2.05) is 6.07 Å². The van der Waals surface area contributed by atoms with Gasteiger partial charge >= 0.3 is 5.97 Å². The van der Waals surface area contributed by atoms with Gasteiger partial charge in [0.2, 0.25) is 0 Å². The molecule has 1 amide bonds. The minimum absolute atomic E-state index is 0.229. The highest BCUT2D eigenvalue weighted by atomic mass is 16.5. The number of carbonyl (C=O) groups excluding carboxylic acids is 1. The zero-order valence-electron chi connectivity index (χ0n) is 13.5. The highest BCUT2D eigenvalue weighted by Crippen LogP contribution is 2.29. The van der Waals surface area contributed by atoms with Crippen molar-refractivity contribution in [3.8, 4) is 11.5 Å². The maximum absolute atomic E-state index is 12.7. The number of carboxylic acid groups (broad SMARTS) is 1. The molecule has 0 aliphatic rings. The Kier molecular flexibility index (Phi) is 5.78. The highest BCUT2D eigenvalue weighted by molar-refractivity contribution is 6.00. The molecule has 2 rings (SSSR count). The average Bonchev–Trinajstić information content (AvgIpc) is 2.60. The van der Waals surface area contributed by atoms with Crippen LogP contribution in [0.1, 0.15) is 28.4 Å². The van der Waals surface area contributed by atoms with E-state index < -0.39 is 17.9 Å². The summed E-state index contributed by atoms with van der Waals surface area (Å²) in [6, 6.07) is 13.3. The molecule has 6 nitrogen and oxygen atoms in total. The van der Waals surface area contributed by atoms with Crippen molar-refractivity contribution in [3.05, 3.63) is 59.7 Å². The van der Waals surface area contributed by atoms with Gasteiger partial charge in [-0.05, 0) is 17.7 Å². The van der Waals surface area contributed by atoms with E-state index in [1.54, 1.807) is 42.5 Å². The summed E-state index contributed by atoms with van der Waals surface area (Å²) in [5.74, 6) is -0.751. The van der Waals surface area contributed by atoms with Crippen molar-refractivity contribution in [3.63, 3.8) is 0 Å². The normalized spacial score (nSPS) is 11.4. The summed E-state index contributed by atoms with van der Waals surface area (Å²) < 4.78 is 10.4. The van der Waals surface area contributed by atoms with E-state index >= 15 is 0 Å². The molecule has 0 fully saturated rings. The Hall–Kier alpha value is -3.02. The standard InChI is InChI=1S/C18H19NO5/c1-23-14-9-6-10-15(24-2)17(14)18(22)19-13(11-16(20)21)12-7-4-3-5-8-12/h3-10,13H,11H2,1-2H3,(H,19,22)(H,20,21)/t13-/m0/s1. The van der Waals surface area contributed by atoms with Crippen molar-refractivity contribution in [1.29, 1.82) is 0 Å². The Bertz CT molecular complexity index is 692. The number of nitrogens with one attached hydrogen (secondary N) is 1. The van der Waals surface area contributed by atoms with Crippen molar-refractivity contribution in [2.45, 2.75) is 12.5 Å². The van der Waals surface area contributed by atoms with Crippen LogP contribution in [0.3, 0.4) is 0 Å². The number of amides is 1. The molecule has 0 heterocycles. The topological polar surface area (TPSA) is 84.9 Å². The largest absolute Gasteiger partial charge is 0.496 e. The number of ether oxygens (including phenoxy) is 2. The number of carbonyl (C=O) groups is 2. The third-order valence-electron chi connectivity index (χ3n) is 3.54. The fourth-order valence-electron chi connectivity index (χ4n) is 2.42. The van der Waals surface area contributed by atoms with Gasteiger partial charge in [-0.1, -0.05) is 36.4 Å². The van der Waals surface area contributed by atoms with Gasteiger partial charge in [-0.3, -0.25) is 9.59 Å². The van der Waals surface area contributed by atoms with Crippen LogP contribution in [0.2, 0.25) is 0 Å². The summed E-state index contributed by atoms with van der Waals surface area (Å²) in [7, 11) is 2.91. The number of methoxy groups -OCH3 is 2. The third-order valence-corrected chi connectivity index (χ3v) is 3.54. The predicted octanol–water partition coefficient (Wildman–Crippen LogP) is 2.65. The minimum atomic E-state index is -1.00. The van der Waals surface area contributed by atoms with Crippen molar-refractivity contribution in [2.75, 3.05) is 14.2 Å². The molecule has 0 saturated carbocycles. The zero-order valence-corrected chi connectivity index (χ0v) is 13.5. The van der Waals surface area contributed by atoms with E-state index in [0.717, 1.165) is 0 Å². The lowest BCUT2D eigenvalue weighted by atomic mass is 10.0. The van der Waals surface area contributed by atoms with Gasteiger partial charge < -0.3 is 19.9 Å². The van der Waals surface area contributed by atoms with Crippen LogP contribution in [0.4, 0.5) is 0 Å². The zero-order chi connectivity index (χ0) is 17.5. The number of aliphatic carboxylic acids is 1. The Morgan fingerprint density at radius 3 is 2.08 bits per heavy atom. The number of carboxylic acids is 1. The van der Waals surface area contributed by atoms with Crippen molar-refractivity contribution in [1.82, 2.24) is 5.32 Å². The lowest BCUT2D eigenvalue weighted by Crippen LogP contribution is -2.30. The highest BCUT2D eigenvalue weighted by Gasteiger charge is 2.23. The van der Waals surface area contributed by atoms with Gasteiger partial charge in [-0.2, -0.15) is 0 Å². The Morgan fingerprint density at radius 2 is 1.58 bits per heavy atom. The molecule has 0 bridgehead atoms. The van der Waals surface area contributed by atoms with E-state index in [-0.39, 0.29) is 12.0 Å². The summed E-state index contributed by atoms with van der Waals surface area (Å²) in [4.78, 5) is 23.9. The SMILES string of the molecule is COc1cccc(OC)c1C(=O)N[C@@H](CC(=O)O)c1ccccc1. The first-order valence-electron chi connectivity index (χ1n) is 7.35. The summed E-state index contributed by atoms with van der Waals surface area (Å²) >= 11 is 0. The summed E-state index contributed by atoms with van der Waals surface area (Å²) in [5, 5.41) is 11.9. The quantitative estimate of drug-likeness (QED) is 0.816. The van der Waals surface area contributed by atoms with Crippen molar-refractivity contribution in [2.24, 2.45) is 0 Å². The van der Waals surface area contributed by atoms with Crippen molar-refractivity contribution < 1.29 is 24.2 Å². The van der Waals surface area contributed by atoms with Gasteiger partial charge in [-0.15, -0.1) is 0 Å². The Morgan fingerprint density at radius 1 is 1.00 bits per heavy atom. The van der Waals surface area contributed by atoms with Crippen LogP contribution in [0.5, 0.6) is 11.5 Å². The van der Waals surface area contributed by atoms with Crippen LogP contribution in [-0.2, 0) is 4.79 Å². The second kappa shape index (κ2) is 8.01. The van der Waals surface area contributed by atoms with Gasteiger partial charge in [0.25, 0.3) is 5.91 Å². The molecule has 0 aliphatic heterocycles. The molecular formula is C18H19NO5. The molecule has 0 spiro atoms. The number of rotatable bonds is 7. The number of hydrogen-bond donors (Lipinski definition) is 2. The van der Waals surface area contributed by atoms with Crippen LogP contribution < -0.4 is 14.8 Å². The van der Waals surface area contributed by atoms with Crippen LogP contribution in [0, 0.1) is 0 Å². The van der Waals surface area contributed by atoms with E-state index in [4.69, 9.17) is 14.6 Å². The summed E-state index contributed by atoms with van der Waals surface area (Å²) in [6.45, 7) is 0. The minimum Gasteiger partial charge on any atom is -0.496 e. The van der Waals surface area contributed by atoms with Gasteiger partial charge in [0.05, 0.1) is 26.7 Å². The Balaban J connectivity index is 2.33. The van der Waals surface area contributed by atoms with E-state index in [9.17, 15) is 9.59 Å². The fourth-order valence-corrected chi connectivity index (χ4v) is 2.42. The van der Waals surface area contributed by atoms with E-state index in [2.05, 4.69) is 5.32 Å². The average molecular weight is 329 g/mol. The van der Waals surface area contributed by atoms with E-state index in [1.165, 1.54) is 14.2 Å². The lowest BCUT2D eigenvalue weighted by molar-refractivity contribution is -0.137. The second-order valence-electron chi connectivity index (χ2n) is 5.07. The van der Waals surface area contributed by atoms with Gasteiger partial charge in [0.1, 0.15) is 17.1 Å². The molecule has 126 valence electrons. The molecular weight excluding hydrogens is 310 g/mol. The number of benzene rings is 2. The molecule has 0 unspecified atom stereocenters. The van der Waals surface area contributed by atoms with Crippen LogP contribution >= 0.6 is 0 Å². The molecule has 0 radical (unpaired) electrons. The van der Waals surface area contributed by atoms with Gasteiger partial charge in [0.15, 0.2) is 0 Å². The maximum Gasteiger partial charge on any atom is 0.305 e. The molecule has 0 saturated heterocycles. The predicted molar refractivity (Wildman–Crippen MR) is 88.4 cm³/mol. The van der Waals surface area contributed by atoms with Crippen LogP contribution in [0.15, 0.2) is 48.5 Å². The molecule has 24 heavy (non-hydrogen) atoms. The number of hydrogen-bond acceptors (Lipinski definition) is 4. The molecule has 2 aromatic rings. The molecule has 2 aromatic carbocycles. The molecule has 0 aromatic heterocycles. The first-order valence-corrected chi connectivity index (χ1v) is 7.35. The molecule has 6 heteroatoms. The molecule has 1 atom stereocenters. The third kappa shape index (κ3) is 4.04. The molecule has 0 aliphatic carbocycles. The smallest absolute Gasteiger partial charge is 0.305 e. The monoisotopic (exact) mass is 329 g/mol. The summed E-state index contributed by atoms with van der Waals surface area (Å²) in [6.07, 6.45) is -0.229. The first-order chi connectivity index (χ1) is 11.6. The fraction of sp³-hybridized carbons (Fsp3) is 0.222.